The molecule has 0 amide bonds. The number of aliphatic hydroxyl groups is 1. The minimum atomic E-state index is 0.133. The van der Waals surface area contributed by atoms with Crippen LogP contribution in [0.1, 0.15) is 26.7 Å². The highest BCUT2D eigenvalue weighted by atomic mass is 35.5. The average molecular weight is 322 g/mol. The first-order valence-electron chi connectivity index (χ1n) is 7.78. The van der Waals surface area contributed by atoms with Gasteiger partial charge in [0.2, 0.25) is 0 Å². The maximum atomic E-state index is 9.16. The van der Waals surface area contributed by atoms with Crippen molar-refractivity contribution in [1.82, 2.24) is 9.88 Å². The Balaban J connectivity index is 1.95. The van der Waals surface area contributed by atoms with Crippen molar-refractivity contribution in [3.63, 3.8) is 0 Å². The number of anilines is 1. The number of aromatic nitrogens is 1. The molecule has 0 fully saturated rings. The molecule has 0 aliphatic heterocycles. The summed E-state index contributed by atoms with van der Waals surface area (Å²) in [5.74, 6) is 0. The van der Waals surface area contributed by atoms with Gasteiger partial charge in [0.25, 0.3) is 0 Å². The molecule has 4 nitrogen and oxygen atoms in total. The van der Waals surface area contributed by atoms with Gasteiger partial charge in [-0.3, -0.25) is 9.88 Å². The van der Waals surface area contributed by atoms with Crippen LogP contribution in [0.15, 0.2) is 30.5 Å². The molecule has 22 heavy (non-hydrogen) atoms. The van der Waals surface area contributed by atoms with Crippen LogP contribution in [0, 0.1) is 0 Å². The molecule has 120 valence electrons. The van der Waals surface area contributed by atoms with Gasteiger partial charge < -0.3 is 10.4 Å². The zero-order valence-corrected chi connectivity index (χ0v) is 14.0. The fourth-order valence-electron chi connectivity index (χ4n) is 2.53. The van der Waals surface area contributed by atoms with Gasteiger partial charge in [-0.05, 0) is 50.6 Å². The maximum Gasteiger partial charge on any atom is 0.0956 e. The number of halogens is 1. The Morgan fingerprint density at radius 3 is 2.91 bits per heavy atom. The van der Waals surface area contributed by atoms with Crippen molar-refractivity contribution < 1.29 is 5.11 Å². The van der Waals surface area contributed by atoms with Gasteiger partial charge in [-0.1, -0.05) is 18.5 Å². The third-order valence-corrected chi connectivity index (χ3v) is 4.10. The van der Waals surface area contributed by atoms with E-state index in [4.69, 9.17) is 16.7 Å². The minimum absolute atomic E-state index is 0.133. The number of benzene rings is 1. The van der Waals surface area contributed by atoms with Crippen molar-refractivity contribution in [2.45, 2.75) is 32.7 Å². The number of hydrogen-bond acceptors (Lipinski definition) is 4. The zero-order chi connectivity index (χ0) is 15.9. The number of aliphatic hydroxyl groups excluding tert-OH is 1. The summed E-state index contributed by atoms with van der Waals surface area (Å²) in [6.07, 6.45) is 3.91. The van der Waals surface area contributed by atoms with Gasteiger partial charge in [0, 0.05) is 34.9 Å². The van der Waals surface area contributed by atoms with Crippen molar-refractivity contribution in [2.24, 2.45) is 0 Å². The number of nitrogens with zero attached hydrogens (tertiary/aromatic N) is 2. The van der Waals surface area contributed by atoms with Crippen LogP contribution >= 0.6 is 11.6 Å². The summed E-state index contributed by atoms with van der Waals surface area (Å²) in [7, 11) is 0. The molecular formula is C17H24ClN3O. The molecule has 1 aromatic heterocycles. The van der Waals surface area contributed by atoms with Crippen LogP contribution in [0.2, 0.25) is 5.02 Å². The van der Waals surface area contributed by atoms with E-state index in [1.165, 1.54) is 0 Å². The van der Waals surface area contributed by atoms with E-state index in [2.05, 4.69) is 24.1 Å². The van der Waals surface area contributed by atoms with Gasteiger partial charge in [-0.15, -0.1) is 0 Å². The first-order chi connectivity index (χ1) is 10.6. The predicted octanol–water partition coefficient (Wildman–Crippen LogP) is 3.74. The molecule has 1 atom stereocenters. The number of hydrogen-bond donors (Lipinski definition) is 2. The topological polar surface area (TPSA) is 48.4 Å². The fraction of sp³-hybridized carbons (Fsp3) is 0.471. The number of fused-ring (bicyclic) bond motifs is 1. The minimum Gasteiger partial charge on any atom is -0.382 e. The van der Waals surface area contributed by atoms with E-state index in [1.807, 2.05) is 29.2 Å². The Bertz CT molecular complexity index is 601. The lowest BCUT2D eigenvalue weighted by Crippen LogP contribution is -2.26. The second-order valence-corrected chi connectivity index (χ2v) is 6.00. The summed E-state index contributed by atoms with van der Waals surface area (Å²) in [4.78, 5) is 6.38. The summed E-state index contributed by atoms with van der Waals surface area (Å²) < 4.78 is 0. The Morgan fingerprint density at radius 2 is 2.18 bits per heavy atom. The first kappa shape index (κ1) is 17.0. The van der Waals surface area contributed by atoms with Crippen molar-refractivity contribution in [3.8, 4) is 0 Å². The van der Waals surface area contributed by atoms with Gasteiger partial charge in [0.05, 0.1) is 12.2 Å². The van der Waals surface area contributed by atoms with Crippen molar-refractivity contribution >= 4 is 28.2 Å². The van der Waals surface area contributed by atoms with E-state index >= 15 is 0 Å². The van der Waals surface area contributed by atoms with E-state index in [1.54, 1.807) is 6.20 Å². The summed E-state index contributed by atoms with van der Waals surface area (Å²) >= 11 is 6.02. The molecule has 0 saturated heterocycles. The van der Waals surface area contributed by atoms with Crippen LogP contribution in [0.25, 0.3) is 10.9 Å². The van der Waals surface area contributed by atoms with Gasteiger partial charge in [-0.25, -0.2) is 0 Å². The lowest BCUT2D eigenvalue weighted by molar-refractivity contribution is 0.110. The molecule has 1 heterocycles. The molecule has 0 radical (unpaired) electrons. The SMILES string of the molecule is CCN(CO)CCCC(C)Nc1ccnc2cc(Cl)ccc12. The second-order valence-electron chi connectivity index (χ2n) is 5.56. The Labute approximate surface area is 137 Å². The third-order valence-electron chi connectivity index (χ3n) is 3.87. The van der Waals surface area contributed by atoms with E-state index in [-0.39, 0.29) is 6.73 Å². The molecule has 2 N–H and O–H groups in total. The summed E-state index contributed by atoms with van der Waals surface area (Å²) in [5, 5.41) is 14.5. The average Bonchev–Trinajstić information content (AvgIpc) is 2.51. The Morgan fingerprint density at radius 1 is 1.36 bits per heavy atom. The molecule has 1 aromatic carbocycles. The highest BCUT2D eigenvalue weighted by molar-refractivity contribution is 6.31. The smallest absolute Gasteiger partial charge is 0.0956 e. The van der Waals surface area contributed by atoms with Crippen LogP contribution in [-0.4, -0.2) is 40.9 Å². The van der Waals surface area contributed by atoms with E-state index < -0.39 is 0 Å². The molecular weight excluding hydrogens is 298 g/mol. The van der Waals surface area contributed by atoms with Crippen LogP contribution in [0.5, 0.6) is 0 Å². The highest BCUT2D eigenvalue weighted by Gasteiger charge is 2.07. The molecule has 0 saturated carbocycles. The van der Waals surface area contributed by atoms with Gasteiger partial charge in [0.1, 0.15) is 0 Å². The van der Waals surface area contributed by atoms with Crippen molar-refractivity contribution in [3.05, 3.63) is 35.5 Å². The van der Waals surface area contributed by atoms with Crippen LogP contribution < -0.4 is 5.32 Å². The molecule has 0 aliphatic rings. The Hall–Kier alpha value is -1.36. The van der Waals surface area contributed by atoms with Crippen LogP contribution in [0.3, 0.4) is 0 Å². The largest absolute Gasteiger partial charge is 0.382 e. The molecule has 0 aliphatic carbocycles. The van der Waals surface area contributed by atoms with Crippen molar-refractivity contribution in [2.75, 3.05) is 25.1 Å². The van der Waals surface area contributed by atoms with E-state index in [0.717, 1.165) is 42.5 Å². The summed E-state index contributed by atoms with van der Waals surface area (Å²) in [6.45, 7) is 6.18. The van der Waals surface area contributed by atoms with E-state index in [9.17, 15) is 0 Å². The second kappa shape index (κ2) is 8.32. The third kappa shape index (κ3) is 4.57. The number of nitrogens with one attached hydrogen (secondary N) is 1. The Kier molecular flexibility index (Phi) is 6.43. The standard InChI is InChI=1S/C17H24ClN3O/c1-3-21(12-22)10-4-5-13(2)20-16-8-9-19-17-11-14(18)6-7-15(16)17/h6-9,11,13,22H,3-5,10,12H2,1-2H3,(H,19,20). The molecule has 2 rings (SSSR count). The number of pyridine rings is 1. The van der Waals surface area contributed by atoms with Crippen molar-refractivity contribution in [1.29, 1.82) is 0 Å². The van der Waals surface area contributed by atoms with E-state index in [0.29, 0.717) is 11.1 Å². The summed E-state index contributed by atoms with van der Waals surface area (Å²) in [5.41, 5.74) is 1.99. The monoisotopic (exact) mass is 321 g/mol. The number of rotatable bonds is 8. The van der Waals surface area contributed by atoms with Gasteiger partial charge >= 0.3 is 0 Å². The van der Waals surface area contributed by atoms with Gasteiger partial charge in [-0.2, -0.15) is 0 Å². The molecule has 0 bridgehead atoms. The van der Waals surface area contributed by atoms with Crippen LogP contribution in [0.4, 0.5) is 5.69 Å². The van der Waals surface area contributed by atoms with Gasteiger partial charge in [0.15, 0.2) is 0 Å². The lowest BCUT2D eigenvalue weighted by Gasteiger charge is -2.20. The molecule has 5 heteroatoms. The quantitative estimate of drug-likeness (QED) is 0.727. The normalized spacial score (nSPS) is 12.8. The van der Waals surface area contributed by atoms with Crippen LogP contribution in [-0.2, 0) is 0 Å². The predicted molar refractivity (Wildman–Crippen MR) is 93.4 cm³/mol. The zero-order valence-electron chi connectivity index (χ0n) is 13.2. The summed E-state index contributed by atoms with van der Waals surface area (Å²) in [6, 6.07) is 8.14. The maximum absolute atomic E-state index is 9.16. The molecule has 2 aromatic rings. The molecule has 1 unspecified atom stereocenters. The lowest BCUT2D eigenvalue weighted by atomic mass is 10.1. The fourth-order valence-corrected chi connectivity index (χ4v) is 2.70. The highest BCUT2D eigenvalue weighted by Crippen LogP contribution is 2.25. The molecule has 0 spiro atoms. The first-order valence-corrected chi connectivity index (χ1v) is 8.16.